The molecule has 36 heavy (non-hydrogen) atoms. The molecule has 0 radical (unpaired) electrons. The molecule has 2 saturated heterocycles. The van der Waals surface area contributed by atoms with Crippen molar-refractivity contribution in [2.75, 3.05) is 82.4 Å². The first-order valence-electron chi connectivity index (χ1n) is 13.3. The van der Waals surface area contributed by atoms with Gasteiger partial charge >= 0.3 is 0 Å². The average molecular weight is 493 g/mol. The van der Waals surface area contributed by atoms with E-state index in [0.29, 0.717) is 0 Å². The summed E-state index contributed by atoms with van der Waals surface area (Å²) < 4.78 is 5.59. The van der Waals surface area contributed by atoms with Gasteiger partial charge in [-0.25, -0.2) is 9.97 Å². The number of imidazole rings is 1. The second kappa shape index (κ2) is 12.0. The van der Waals surface area contributed by atoms with Crippen LogP contribution in [-0.2, 0) is 17.8 Å². The molecule has 4 heterocycles. The van der Waals surface area contributed by atoms with Crippen molar-refractivity contribution in [3.63, 3.8) is 0 Å². The minimum atomic E-state index is 0.723. The lowest BCUT2D eigenvalue weighted by Gasteiger charge is -2.34. The van der Waals surface area contributed by atoms with Crippen LogP contribution in [0.1, 0.15) is 24.2 Å². The Hall–Kier alpha value is -2.72. The molecule has 1 aromatic carbocycles. The maximum Gasteiger partial charge on any atom is 0.179 e. The number of hydrogen-bond donors (Lipinski definition) is 2. The minimum Gasteiger partial charge on any atom is -0.378 e. The zero-order valence-corrected chi connectivity index (χ0v) is 21.5. The number of benzene rings is 1. The number of anilines is 2. The van der Waals surface area contributed by atoms with Gasteiger partial charge in [0.2, 0.25) is 0 Å². The smallest absolute Gasteiger partial charge is 0.179 e. The predicted molar refractivity (Wildman–Crippen MR) is 145 cm³/mol. The monoisotopic (exact) mass is 492 g/mol. The fraction of sp³-hybridized carbons (Fsp3) is 0.556. The molecule has 2 aliphatic rings. The molecule has 3 aromatic rings. The van der Waals surface area contributed by atoms with Gasteiger partial charge in [0, 0.05) is 57.7 Å². The van der Waals surface area contributed by atoms with Crippen LogP contribution in [0.5, 0.6) is 0 Å². The zero-order valence-electron chi connectivity index (χ0n) is 21.5. The third-order valence-electron chi connectivity index (χ3n) is 7.30. The molecule has 0 saturated carbocycles. The SMILES string of the molecule is CN1CCN(c2ccnc3nc(CN(CCCCN)Cc4ccccc4N4CCOCC4)[nH]c23)CC1. The summed E-state index contributed by atoms with van der Waals surface area (Å²) >= 11 is 0. The van der Waals surface area contributed by atoms with Crippen molar-refractivity contribution in [1.82, 2.24) is 24.8 Å². The number of ether oxygens (including phenoxy) is 1. The quantitative estimate of drug-likeness (QED) is 0.417. The lowest BCUT2D eigenvalue weighted by Crippen LogP contribution is -2.44. The molecule has 0 aliphatic carbocycles. The summed E-state index contributed by atoms with van der Waals surface area (Å²) in [6, 6.07) is 10.9. The number of unbranched alkanes of at least 4 members (excludes halogenated alkanes) is 1. The van der Waals surface area contributed by atoms with Crippen LogP contribution >= 0.6 is 0 Å². The number of H-pyrrole nitrogens is 1. The number of aromatic nitrogens is 3. The van der Waals surface area contributed by atoms with Gasteiger partial charge in [-0.15, -0.1) is 0 Å². The summed E-state index contributed by atoms with van der Waals surface area (Å²) in [6.07, 6.45) is 3.98. The summed E-state index contributed by atoms with van der Waals surface area (Å²) in [5.74, 6) is 0.968. The van der Waals surface area contributed by atoms with E-state index in [1.165, 1.54) is 16.9 Å². The van der Waals surface area contributed by atoms with Crippen LogP contribution < -0.4 is 15.5 Å². The molecule has 0 amide bonds. The Labute approximate surface area is 214 Å². The summed E-state index contributed by atoms with van der Waals surface area (Å²) in [5.41, 5.74) is 11.5. The van der Waals surface area contributed by atoms with Crippen LogP contribution in [0.4, 0.5) is 11.4 Å². The third-order valence-corrected chi connectivity index (χ3v) is 7.30. The highest BCUT2D eigenvalue weighted by atomic mass is 16.5. The summed E-state index contributed by atoms with van der Waals surface area (Å²) in [4.78, 5) is 22.9. The Kier molecular flexibility index (Phi) is 8.32. The van der Waals surface area contributed by atoms with Crippen LogP contribution in [-0.4, -0.2) is 97.4 Å². The fourth-order valence-electron chi connectivity index (χ4n) is 5.24. The van der Waals surface area contributed by atoms with E-state index in [1.807, 2.05) is 6.20 Å². The number of fused-ring (bicyclic) bond motifs is 1. The molecule has 5 rings (SSSR count). The van der Waals surface area contributed by atoms with E-state index >= 15 is 0 Å². The van der Waals surface area contributed by atoms with Crippen molar-refractivity contribution in [1.29, 1.82) is 0 Å². The highest BCUT2D eigenvalue weighted by molar-refractivity contribution is 5.86. The zero-order chi connectivity index (χ0) is 24.7. The summed E-state index contributed by atoms with van der Waals surface area (Å²) in [7, 11) is 2.18. The second-order valence-electron chi connectivity index (χ2n) is 9.94. The Morgan fingerprint density at radius 1 is 0.944 bits per heavy atom. The number of para-hydroxylation sites is 1. The van der Waals surface area contributed by atoms with Crippen molar-refractivity contribution in [2.24, 2.45) is 5.73 Å². The lowest BCUT2D eigenvalue weighted by atomic mass is 10.1. The standard InChI is InChI=1S/C27H40N8O/c1-32-12-14-34(15-13-32)24-8-10-29-27-26(24)30-25(31-27)21-33(11-5-4-9-28)20-22-6-2-3-7-23(22)35-16-18-36-19-17-35/h2-3,6-8,10H,4-5,9,11-21,28H2,1H3,(H,29,30,31). The van der Waals surface area contributed by atoms with Gasteiger partial charge in [0.05, 0.1) is 25.4 Å². The highest BCUT2D eigenvalue weighted by Gasteiger charge is 2.20. The molecular weight excluding hydrogens is 452 g/mol. The number of pyridine rings is 1. The van der Waals surface area contributed by atoms with Crippen LogP contribution in [0.3, 0.4) is 0 Å². The van der Waals surface area contributed by atoms with Crippen molar-refractivity contribution >= 4 is 22.5 Å². The Morgan fingerprint density at radius 2 is 1.72 bits per heavy atom. The maximum absolute atomic E-state index is 5.82. The van der Waals surface area contributed by atoms with Gasteiger partial charge in [0.15, 0.2) is 5.65 Å². The number of nitrogens with two attached hydrogens (primary N) is 1. The summed E-state index contributed by atoms with van der Waals surface area (Å²) in [6.45, 7) is 11.0. The number of likely N-dealkylation sites (N-methyl/N-ethyl adjacent to an activating group) is 1. The van der Waals surface area contributed by atoms with Crippen molar-refractivity contribution in [2.45, 2.75) is 25.9 Å². The number of nitrogens with zero attached hydrogens (tertiary/aromatic N) is 6. The van der Waals surface area contributed by atoms with E-state index in [9.17, 15) is 0 Å². The van der Waals surface area contributed by atoms with E-state index in [2.05, 4.69) is 66.9 Å². The summed E-state index contributed by atoms with van der Waals surface area (Å²) in [5, 5.41) is 0. The average Bonchev–Trinajstić information content (AvgIpc) is 3.33. The molecule has 2 aromatic heterocycles. The number of nitrogens with one attached hydrogen (secondary N) is 1. The van der Waals surface area contributed by atoms with Gasteiger partial charge in [-0.1, -0.05) is 18.2 Å². The second-order valence-corrected chi connectivity index (χ2v) is 9.94. The molecule has 0 unspecified atom stereocenters. The molecule has 9 nitrogen and oxygen atoms in total. The molecule has 0 bridgehead atoms. The van der Waals surface area contributed by atoms with E-state index in [1.54, 1.807) is 0 Å². The molecule has 0 atom stereocenters. The van der Waals surface area contributed by atoms with Crippen LogP contribution in [0.25, 0.3) is 11.2 Å². The topological polar surface area (TPSA) is 89.8 Å². The predicted octanol–water partition coefficient (Wildman–Crippen LogP) is 2.29. The van der Waals surface area contributed by atoms with Gasteiger partial charge in [0.25, 0.3) is 0 Å². The third kappa shape index (κ3) is 5.98. The molecular formula is C27H40N8O. The maximum atomic E-state index is 5.82. The highest BCUT2D eigenvalue weighted by Crippen LogP contribution is 2.26. The van der Waals surface area contributed by atoms with Gasteiger partial charge in [-0.05, 0) is 50.7 Å². The van der Waals surface area contributed by atoms with Gasteiger partial charge < -0.3 is 30.2 Å². The first-order valence-corrected chi connectivity index (χ1v) is 13.3. The Morgan fingerprint density at radius 3 is 2.53 bits per heavy atom. The van der Waals surface area contributed by atoms with Gasteiger partial charge in [-0.3, -0.25) is 4.90 Å². The first kappa shape index (κ1) is 25.0. The normalized spacial score (nSPS) is 17.4. The molecule has 9 heteroatoms. The minimum absolute atomic E-state index is 0.723. The number of hydrogen-bond acceptors (Lipinski definition) is 8. The van der Waals surface area contributed by atoms with Crippen LogP contribution in [0, 0.1) is 0 Å². The molecule has 2 fully saturated rings. The molecule has 194 valence electrons. The fourth-order valence-corrected chi connectivity index (χ4v) is 5.24. The Bertz CT molecular complexity index is 1100. The molecule has 3 N–H and O–H groups in total. The number of piperazine rings is 1. The van der Waals surface area contributed by atoms with E-state index in [0.717, 1.165) is 108 Å². The van der Waals surface area contributed by atoms with Crippen LogP contribution in [0.2, 0.25) is 0 Å². The van der Waals surface area contributed by atoms with Crippen molar-refractivity contribution in [3.8, 4) is 0 Å². The first-order chi connectivity index (χ1) is 17.7. The largest absolute Gasteiger partial charge is 0.378 e. The molecule has 2 aliphatic heterocycles. The van der Waals surface area contributed by atoms with E-state index < -0.39 is 0 Å². The Balaban J connectivity index is 1.36. The van der Waals surface area contributed by atoms with Crippen molar-refractivity contribution in [3.05, 3.63) is 47.9 Å². The van der Waals surface area contributed by atoms with Crippen molar-refractivity contribution < 1.29 is 4.74 Å². The number of morpholine rings is 1. The van der Waals surface area contributed by atoms with E-state index in [-0.39, 0.29) is 0 Å². The number of rotatable bonds is 10. The lowest BCUT2D eigenvalue weighted by molar-refractivity contribution is 0.122. The van der Waals surface area contributed by atoms with Gasteiger partial charge in [0.1, 0.15) is 11.3 Å². The van der Waals surface area contributed by atoms with Crippen LogP contribution in [0.15, 0.2) is 36.5 Å². The molecule has 0 spiro atoms. The van der Waals surface area contributed by atoms with Gasteiger partial charge in [-0.2, -0.15) is 0 Å². The number of aromatic amines is 1. The van der Waals surface area contributed by atoms with E-state index in [4.69, 9.17) is 15.5 Å².